The molecular formula is C10H19Cl2N3OS. The van der Waals surface area contributed by atoms with Crippen LogP contribution in [0.2, 0.25) is 0 Å². The molecule has 2 unspecified atom stereocenters. The molecule has 0 aliphatic carbocycles. The number of halogens is 2. The minimum absolute atomic E-state index is 0. The van der Waals surface area contributed by atoms with Crippen LogP contribution >= 0.6 is 36.2 Å². The molecule has 4 nitrogen and oxygen atoms in total. The highest BCUT2D eigenvalue weighted by atomic mass is 35.5. The van der Waals surface area contributed by atoms with Gasteiger partial charge in [-0.2, -0.15) is 0 Å². The number of carbonyl (C=O) groups excluding carboxylic acids is 1. The third-order valence-electron chi connectivity index (χ3n) is 2.28. The average molecular weight is 300 g/mol. The Morgan fingerprint density at radius 3 is 2.53 bits per heavy atom. The molecule has 1 heterocycles. The molecule has 7 heteroatoms. The van der Waals surface area contributed by atoms with Gasteiger partial charge in [-0.05, 0) is 13.8 Å². The maximum Gasteiger partial charge on any atom is 0.224 e. The minimum Gasteiger partial charge on any atom is -0.349 e. The molecule has 100 valence electrons. The standard InChI is InChI=1S/C10H17N3OS.2ClH/c1-6-5-15-9(13-6)4-12-10(14)7(2)8(3)11;;/h5,7-8H,4,11H2,1-3H3,(H,12,14);2*1H. The van der Waals surface area contributed by atoms with Crippen molar-refractivity contribution < 1.29 is 4.79 Å². The maximum atomic E-state index is 11.6. The molecule has 0 bridgehead atoms. The van der Waals surface area contributed by atoms with E-state index in [1.165, 1.54) is 0 Å². The van der Waals surface area contributed by atoms with Crippen molar-refractivity contribution in [2.75, 3.05) is 0 Å². The summed E-state index contributed by atoms with van der Waals surface area (Å²) in [4.78, 5) is 15.8. The molecule has 1 aromatic heterocycles. The fourth-order valence-electron chi connectivity index (χ4n) is 1.05. The van der Waals surface area contributed by atoms with Crippen LogP contribution in [0.1, 0.15) is 24.5 Å². The van der Waals surface area contributed by atoms with Crippen LogP contribution in [-0.2, 0) is 11.3 Å². The Morgan fingerprint density at radius 1 is 1.53 bits per heavy atom. The zero-order chi connectivity index (χ0) is 11.4. The van der Waals surface area contributed by atoms with Crippen molar-refractivity contribution in [3.8, 4) is 0 Å². The van der Waals surface area contributed by atoms with Gasteiger partial charge in [-0.25, -0.2) is 4.98 Å². The van der Waals surface area contributed by atoms with Crippen molar-refractivity contribution in [3.05, 3.63) is 16.1 Å². The first kappa shape index (κ1) is 19.0. The number of aryl methyl sites for hydroxylation is 1. The van der Waals surface area contributed by atoms with Crippen LogP contribution in [0.4, 0.5) is 0 Å². The monoisotopic (exact) mass is 299 g/mol. The lowest BCUT2D eigenvalue weighted by Crippen LogP contribution is -2.38. The lowest BCUT2D eigenvalue weighted by molar-refractivity contribution is -0.125. The van der Waals surface area contributed by atoms with Gasteiger partial charge in [0.25, 0.3) is 0 Å². The zero-order valence-corrected chi connectivity index (χ0v) is 12.5. The van der Waals surface area contributed by atoms with Crippen LogP contribution in [0.5, 0.6) is 0 Å². The van der Waals surface area contributed by atoms with Crippen molar-refractivity contribution >= 4 is 42.1 Å². The molecule has 0 aromatic carbocycles. The van der Waals surface area contributed by atoms with Crippen molar-refractivity contribution in [2.24, 2.45) is 11.7 Å². The first-order valence-electron chi connectivity index (χ1n) is 4.95. The second kappa shape index (κ2) is 8.69. The summed E-state index contributed by atoms with van der Waals surface area (Å²) in [5.74, 6) is -0.177. The molecule has 0 radical (unpaired) electrons. The van der Waals surface area contributed by atoms with Gasteiger partial charge >= 0.3 is 0 Å². The summed E-state index contributed by atoms with van der Waals surface area (Å²) in [6.45, 7) is 6.09. The molecule has 1 rings (SSSR count). The number of carbonyl (C=O) groups is 1. The molecule has 0 saturated carbocycles. The number of rotatable bonds is 4. The van der Waals surface area contributed by atoms with E-state index in [0.29, 0.717) is 6.54 Å². The summed E-state index contributed by atoms with van der Waals surface area (Å²) in [5.41, 5.74) is 6.63. The first-order chi connectivity index (χ1) is 7.00. The normalized spacial score (nSPS) is 12.9. The molecule has 0 spiro atoms. The molecular weight excluding hydrogens is 281 g/mol. The molecule has 17 heavy (non-hydrogen) atoms. The molecule has 0 aliphatic rings. The molecule has 0 saturated heterocycles. The second-order valence-electron chi connectivity index (χ2n) is 3.75. The Kier molecular flexibility index (Phi) is 9.71. The van der Waals surface area contributed by atoms with E-state index >= 15 is 0 Å². The van der Waals surface area contributed by atoms with Gasteiger partial charge in [0.15, 0.2) is 0 Å². The minimum atomic E-state index is -0.161. The number of nitrogens with zero attached hydrogens (tertiary/aromatic N) is 1. The number of amides is 1. The lowest BCUT2D eigenvalue weighted by atomic mass is 10.0. The highest BCUT2D eigenvalue weighted by molar-refractivity contribution is 7.09. The van der Waals surface area contributed by atoms with Gasteiger partial charge in [0.1, 0.15) is 5.01 Å². The van der Waals surface area contributed by atoms with Gasteiger partial charge in [0.05, 0.1) is 6.54 Å². The van der Waals surface area contributed by atoms with Gasteiger partial charge in [0, 0.05) is 23.0 Å². The summed E-state index contributed by atoms with van der Waals surface area (Å²) in [6.07, 6.45) is 0. The van der Waals surface area contributed by atoms with Crippen molar-refractivity contribution in [3.63, 3.8) is 0 Å². The highest BCUT2D eigenvalue weighted by Crippen LogP contribution is 2.08. The van der Waals surface area contributed by atoms with E-state index in [1.54, 1.807) is 11.3 Å². The largest absolute Gasteiger partial charge is 0.349 e. The first-order valence-corrected chi connectivity index (χ1v) is 5.83. The van der Waals surface area contributed by atoms with E-state index in [0.717, 1.165) is 10.7 Å². The van der Waals surface area contributed by atoms with Crippen LogP contribution in [0, 0.1) is 12.8 Å². The third-order valence-corrected chi connectivity index (χ3v) is 3.25. The molecule has 0 aliphatic heterocycles. The fourth-order valence-corrected chi connectivity index (χ4v) is 1.76. The second-order valence-corrected chi connectivity index (χ2v) is 4.69. The Balaban J connectivity index is 0. The van der Waals surface area contributed by atoms with Crippen LogP contribution in [0.25, 0.3) is 0 Å². The predicted molar refractivity (Wildman–Crippen MR) is 76.0 cm³/mol. The van der Waals surface area contributed by atoms with Crippen LogP contribution < -0.4 is 11.1 Å². The number of nitrogens with two attached hydrogens (primary N) is 1. The molecule has 2 atom stereocenters. The SMILES string of the molecule is Cc1csc(CNC(=O)C(C)C(C)N)n1.Cl.Cl. The number of hydrogen-bond acceptors (Lipinski definition) is 4. The van der Waals surface area contributed by atoms with Crippen molar-refractivity contribution in [2.45, 2.75) is 33.4 Å². The Labute approximate surface area is 118 Å². The van der Waals surface area contributed by atoms with Gasteiger partial charge in [-0.15, -0.1) is 36.2 Å². The fraction of sp³-hybridized carbons (Fsp3) is 0.600. The van der Waals surface area contributed by atoms with E-state index in [1.807, 2.05) is 26.2 Å². The van der Waals surface area contributed by atoms with Gasteiger partial charge < -0.3 is 11.1 Å². The molecule has 0 fully saturated rings. The summed E-state index contributed by atoms with van der Waals surface area (Å²) >= 11 is 1.55. The number of aromatic nitrogens is 1. The molecule has 1 amide bonds. The third kappa shape index (κ3) is 6.21. The van der Waals surface area contributed by atoms with Gasteiger partial charge in [0.2, 0.25) is 5.91 Å². The Bertz CT molecular complexity index is 344. The maximum absolute atomic E-state index is 11.6. The number of hydrogen-bond donors (Lipinski definition) is 2. The number of thiazole rings is 1. The summed E-state index contributed by atoms with van der Waals surface area (Å²) in [7, 11) is 0. The molecule has 1 aromatic rings. The summed E-state index contributed by atoms with van der Waals surface area (Å²) in [5, 5.41) is 5.72. The number of nitrogens with one attached hydrogen (secondary N) is 1. The highest BCUT2D eigenvalue weighted by Gasteiger charge is 2.16. The van der Waals surface area contributed by atoms with Gasteiger partial charge in [-0.1, -0.05) is 6.92 Å². The van der Waals surface area contributed by atoms with Crippen molar-refractivity contribution in [1.29, 1.82) is 0 Å². The smallest absolute Gasteiger partial charge is 0.224 e. The van der Waals surface area contributed by atoms with Gasteiger partial charge in [-0.3, -0.25) is 4.79 Å². The summed E-state index contributed by atoms with van der Waals surface area (Å²) in [6, 6.07) is -0.122. The Hall–Kier alpha value is -0.360. The Morgan fingerprint density at radius 2 is 2.12 bits per heavy atom. The topological polar surface area (TPSA) is 68.0 Å². The van der Waals surface area contributed by atoms with Crippen LogP contribution in [0.3, 0.4) is 0 Å². The van der Waals surface area contributed by atoms with Crippen LogP contribution in [0.15, 0.2) is 5.38 Å². The van der Waals surface area contributed by atoms with E-state index in [2.05, 4.69) is 10.3 Å². The quantitative estimate of drug-likeness (QED) is 0.892. The van der Waals surface area contributed by atoms with E-state index < -0.39 is 0 Å². The predicted octanol–water partition coefficient (Wildman–Crippen LogP) is 1.89. The zero-order valence-electron chi connectivity index (χ0n) is 10.1. The van der Waals surface area contributed by atoms with E-state index in [9.17, 15) is 4.79 Å². The van der Waals surface area contributed by atoms with Crippen LogP contribution in [-0.4, -0.2) is 16.9 Å². The lowest BCUT2D eigenvalue weighted by Gasteiger charge is -2.14. The van der Waals surface area contributed by atoms with Crippen molar-refractivity contribution in [1.82, 2.24) is 10.3 Å². The van der Waals surface area contributed by atoms with E-state index in [-0.39, 0.29) is 42.7 Å². The average Bonchev–Trinajstić information content (AvgIpc) is 2.59. The molecule has 3 N–H and O–H groups in total. The van der Waals surface area contributed by atoms with E-state index in [4.69, 9.17) is 5.73 Å². The summed E-state index contributed by atoms with van der Waals surface area (Å²) < 4.78 is 0.